The molecule has 100 valence electrons. The van der Waals surface area contributed by atoms with Gasteiger partial charge in [-0.15, -0.1) is 0 Å². The first-order chi connectivity index (χ1) is 9.10. The average molecular weight is 320 g/mol. The van der Waals surface area contributed by atoms with E-state index in [9.17, 15) is 0 Å². The number of hydrogen-bond acceptors (Lipinski definition) is 3. The van der Waals surface area contributed by atoms with Gasteiger partial charge in [-0.1, -0.05) is 6.07 Å². The van der Waals surface area contributed by atoms with Crippen molar-refractivity contribution in [3.63, 3.8) is 0 Å². The first-order valence-corrected chi connectivity index (χ1v) is 7.11. The number of nitrogens with one attached hydrogen (secondary N) is 1. The van der Waals surface area contributed by atoms with Crippen molar-refractivity contribution >= 4 is 15.9 Å². The molecule has 0 aromatic carbocycles. The molecule has 1 N–H and O–H groups in total. The van der Waals surface area contributed by atoms with Crippen LogP contribution >= 0.6 is 15.9 Å². The van der Waals surface area contributed by atoms with E-state index in [1.165, 1.54) is 5.56 Å². The van der Waals surface area contributed by atoms with E-state index in [-0.39, 0.29) is 6.04 Å². The Hall–Kier alpha value is -1.26. The fraction of sp³-hybridized carbons (Fsp3) is 0.333. The molecular formula is C15H18BrN3. The summed E-state index contributed by atoms with van der Waals surface area (Å²) in [5, 5.41) is 3.35. The Balaban J connectivity index is 2.22. The van der Waals surface area contributed by atoms with Crippen molar-refractivity contribution in [3.05, 3.63) is 57.6 Å². The van der Waals surface area contributed by atoms with E-state index in [0.29, 0.717) is 0 Å². The highest BCUT2D eigenvalue weighted by Crippen LogP contribution is 2.20. The molecular weight excluding hydrogens is 302 g/mol. The van der Waals surface area contributed by atoms with E-state index in [2.05, 4.69) is 50.3 Å². The monoisotopic (exact) mass is 319 g/mol. The third-order valence-electron chi connectivity index (χ3n) is 3.19. The van der Waals surface area contributed by atoms with Crippen LogP contribution in [0, 0.1) is 13.8 Å². The summed E-state index contributed by atoms with van der Waals surface area (Å²) in [4.78, 5) is 8.96. The Morgan fingerprint density at radius 1 is 1.21 bits per heavy atom. The summed E-state index contributed by atoms with van der Waals surface area (Å²) in [5.74, 6) is 0. The Morgan fingerprint density at radius 3 is 2.58 bits per heavy atom. The summed E-state index contributed by atoms with van der Waals surface area (Å²) in [6.07, 6.45) is 2.69. The Labute approximate surface area is 122 Å². The quantitative estimate of drug-likeness (QED) is 0.939. The number of rotatable bonds is 4. The Morgan fingerprint density at radius 2 is 2.00 bits per heavy atom. The summed E-state index contributed by atoms with van der Waals surface area (Å²) < 4.78 is 1.01. The van der Waals surface area contributed by atoms with Crippen LogP contribution in [-0.4, -0.2) is 17.0 Å². The van der Waals surface area contributed by atoms with Gasteiger partial charge in [0.25, 0.3) is 0 Å². The zero-order valence-electron chi connectivity index (χ0n) is 11.4. The molecule has 4 heteroatoms. The molecule has 2 rings (SSSR count). The van der Waals surface area contributed by atoms with Crippen LogP contribution in [0.4, 0.5) is 0 Å². The predicted octanol–water partition coefficient (Wildman–Crippen LogP) is 3.36. The van der Waals surface area contributed by atoms with Gasteiger partial charge in [0.05, 0.1) is 0 Å². The molecule has 1 atom stereocenters. The topological polar surface area (TPSA) is 37.8 Å². The van der Waals surface area contributed by atoms with Crippen LogP contribution in [-0.2, 0) is 6.42 Å². The summed E-state index contributed by atoms with van der Waals surface area (Å²) in [5.41, 5.74) is 4.44. The number of nitrogens with zero attached hydrogens (tertiary/aromatic N) is 2. The minimum absolute atomic E-state index is 0.238. The molecule has 2 aromatic rings. The van der Waals surface area contributed by atoms with Crippen molar-refractivity contribution in [1.29, 1.82) is 0 Å². The van der Waals surface area contributed by atoms with E-state index < -0.39 is 0 Å². The van der Waals surface area contributed by atoms with E-state index in [0.717, 1.165) is 28.0 Å². The highest BCUT2D eigenvalue weighted by atomic mass is 79.9. The molecule has 0 radical (unpaired) electrons. The number of hydrogen-bond donors (Lipinski definition) is 1. The summed E-state index contributed by atoms with van der Waals surface area (Å²) >= 11 is 3.41. The second-order valence-electron chi connectivity index (χ2n) is 4.64. The number of aryl methyl sites for hydroxylation is 2. The maximum absolute atomic E-state index is 4.53. The van der Waals surface area contributed by atoms with Crippen molar-refractivity contribution in [2.24, 2.45) is 0 Å². The third-order valence-corrected chi connectivity index (χ3v) is 3.66. The van der Waals surface area contributed by atoms with Crippen LogP contribution in [0.2, 0.25) is 0 Å². The van der Waals surface area contributed by atoms with Gasteiger partial charge in [-0.2, -0.15) is 0 Å². The molecule has 2 aromatic heterocycles. The van der Waals surface area contributed by atoms with Crippen molar-refractivity contribution in [2.75, 3.05) is 7.05 Å². The van der Waals surface area contributed by atoms with E-state index in [4.69, 9.17) is 0 Å². The molecule has 0 saturated carbocycles. The fourth-order valence-electron chi connectivity index (χ4n) is 2.17. The van der Waals surface area contributed by atoms with Crippen molar-refractivity contribution in [1.82, 2.24) is 15.3 Å². The molecule has 19 heavy (non-hydrogen) atoms. The lowest BCUT2D eigenvalue weighted by Gasteiger charge is -2.18. The smallest absolute Gasteiger partial charge is 0.0423 e. The van der Waals surface area contributed by atoms with E-state index >= 15 is 0 Å². The fourth-order valence-corrected chi connectivity index (χ4v) is 2.40. The summed E-state index contributed by atoms with van der Waals surface area (Å²) in [6.45, 7) is 4.07. The Bertz CT molecular complexity index is 552. The molecule has 0 aliphatic heterocycles. The molecule has 2 heterocycles. The first kappa shape index (κ1) is 14.2. The van der Waals surface area contributed by atoms with Crippen LogP contribution in [0.1, 0.15) is 28.7 Å². The molecule has 0 spiro atoms. The molecule has 0 fully saturated rings. The Kier molecular flexibility index (Phi) is 4.66. The maximum Gasteiger partial charge on any atom is 0.0423 e. The molecule has 1 unspecified atom stereocenters. The summed E-state index contributed by atoms with van der Waals surface area (Å²) in [6, 6.07) is 8.52. The van der Waals surface area contributed by atoms with Crippen LogP contribution in [0.25, 0.3) is 0 Å². The van der Waals surface area contributed by atoms with Gasteiger partial charge in [-0.3, -0.25) is 9.97 Å². The zero-order chi connectivity index (χ0) is 13.8. The molecule has 3 nitrogen and oxygen atoms in total. The van der Waals surface area contributed by atoms with Gasteiger partial charge in [0.2, 0.25) is 0 Å². The minimum Gasteiger partial charge on any atom is -0.313 e. The molecule has 0 aliphatic carbocycles. The first-order valence-electron chi connectivity index (χ1n) is 6.32. The molecule has 0 amide bonds. The highest BCUT2D eigenvalue weighted by molar-refractivity contribution is 9.10. The number of pyridine rings is 2. The van der Waals surface area contributed by atoms with Crippen molar-refractivity contribution in [2.45, 2.75) is 26.3 Å². The van der Waals surface area contributed by atoms with Crippen LogP contribution < -0.4 is 5.32 Å². The maximum atomic E-state index is 4.53. The van der Waals surface area contributed by atoms with Crippen molar-refractivity contribution < 1.29 is 0 Å². The average Bonchev–Trinajstić information content (AvgIpc) is 2.39. The second kappa shape index (κ2) is 6.26. The normalized spacial score (nSPS) is 12.4. The van der Waals surface area contributed by atoms with Crippen LogP contribution in [0.15, 0.2) is 34.9 Å². The lowest BCUT2D eigenvalue weighted by molar-refractivity contribution is 0.578. The number of likely N-dealkylation sites (N-methyl/N-ethyl adjacent to an activating group) is 1. The third kappa shape index (κ3) is 3.61. The van der Waals surface area contributed by atoms with Gasteiger partial charge in [0.15, 0.2) is 0 Å². The highest BCUT2D eigenvalue weighted by Gasteiger charge is 2.14. The standard InChI is InChI=1S/C15H18BrN3/c1-10-4-7-14(11(2)19-10)15(17-3)8-13-6-5-12(16)9-18-13/h4-7,9,15,17H,8H2,1-3H3. The predicted molar refractivity (Wildman–Crippen MR) is 81.2 cm³/mol. The minimum atomic E-state index is 0.238. The van der Waals surface area contributed by atoms with Crippen molar-refractivity contribution in [3.8, 4) is 0 Å². The van der Waals surface area contributed by atoms with Gasteiger partial charge in [0, 0.05) is 40.2 Å². The van der Waals surface area contributed by atoms with Gasteiger partial charge in [0.1, 0.15) is 0 Å². The lowest BCUT2D eigenvalue weighted by atomic mass is 10.00. The van der Waals surface area contributed by atoms with Crippen LogP contribution in [0.3, 0.4) is 0 Å². The van der Waals surface area contributed by atoms with Gasteiger partial charge >= 0.3 is 0 Å². The van der Waals surface area contributed by atoms with Gasteiger partial charge in [-0.05, 0) is 60.6 Å². The van der Waals surface area contributed by atoms with Gasteiger partial charge in [-0.25, -0.2) is 0 Å². The number of aromatic nitrogens is 2. The SMILES string of the molecule is CNC(Cc1ccc(Br)cn1)c1ccc(C)nc1C. The van der Waals surface area contributed by atoms with Crippen LogP contribution in [0.5, 0.6) is 0 Å². The molecule has 0 bridgehead atoms. The summed E-state index contributed by atoms with van der Waals surface area (Å²) in [7, 11) is 1.98. The largest absolute Gasteiger partial charge is 0.313 e. The second-order valence-corrected chi connectivity index (χ2v) is 5.56. The van der Waals surface area contributed by atoms with E-state index in [1.807, 2.05) is 32.3 Å². The lowest BCUT2D eigenvalue weighted by Crippen LogP contribution is -2.20. The van der Waals surface area contributed by atoms with Gasteiger partial charge < -0.3 is 5.32 Å². The molecule has 0 saturated heterocycles. The zero-order valence-corrected chi connectivity index (χ0v) is 13.0. The van der Waals surface area contributed by atoms with E-state index in [1.54, 1.807) is 0 Å². The number of halogens is 1. The molecule has 0 aliphatic rings.